The molecule has 1 heterocycles. The number of pyridine rings is 1. The van der Waals surface area contributed by atoms with E-state index in [1.165, 1.54) is 12.1 Å². The van der Waals surface area contributed by atoms with Gasteiger partial charge in [0.25, 0.3) is 0 Å². The van der Waals surface area contributed by atoms with Crippen molar-refractivity contribution in [2.45, 2.75) is 12.3 Å². The number of benzene rings is 1. The van der Waals surface area contributed by atoms with E-state index in [2.05, 4.69) is 4.98 Å². The van der Waals surface area contributed by atoms with Gasteiger partial charge in [0.05, 0.1) is 0 Å². The summed E-state index contributed by atoms with van der Waals surface area (Å²) in [5, 5.41) is 0. The zero-order valence-corrected chi connectivity index (χ0v) is 11.6. The van der Waals surface area contributed by atoms with Gasteiger partial charge in [0.2, 0.25) is 0 Å². The molecule has 0 unspecified atom stereocenters. The number of hydrogen-bond donors (Lipinski definition) is 0. The molecule has 0 aliphatic heterocycles. The van der Waals surface area contributed by atoms with Gasteiger partial charge in [-0.25, -0.2) is 4.39 Å². The molecule has 2 rings (SSSR count). The predicted molar refractivity (Wildman–Crippen MR) is 77.2 cm³/mol. The molecule has 1 aromatic carbocycles. The molecule has 0 bridgehead atoms. The number of likely N-dealkylation sites (N-methyl/N-ethyl adjacent to an activating group) is 1. The Kier molecular flexibility index (Phi) is 4.74. The quantitative estimate of drug-likeness (QED) is 0.777. The van der Waals surface area contributed by atoms with Crippen LogP contribution in [0.5, 0.6) is 0 Å². The normalized spacial score (nSPS) is 10.5. The van der Waals surface area contributed by atoms with Crippen molar-refractivity contribution in [2.24, 2.45) is 0 Å². The maximum Gasteiger partial charge on any atom is 0.125 e. The summed E-state index contributed by atoms with van der Waals surface area (Å²) in [6.07, 6.45) is 2.60. The van der Waals surface area contributed by atoms with E-state index in [1.807, 2.05) is 36.2 Å². The number of rotatable bonds is 5. The first kappa shape index (κ1) is 13.8. The average molecular weight is 279 g/mol. The fraction of sp³-hybridized carbons (Fsp3) is 0.267. The van der Waals surface area contributed by atoms with Gasteiger partial charge in [0.15, 0.2) is 0 Å². The Labute approximate surface area is 117 Å². The van der Waals surface area contributed by atoms with Gasteiger partial charge in [-0.05, 0) is 35.9 Å². The predicted octanol–water partition coefficient (Wildman–Crippen LogP) is 3.64. The van der Waals surface area contributed by atoms with Crippen LogP contribution in [0.1, 0.15) is 11.3 Å². The maximum absolute atomic E-state index is 13.4. The summed E-state index contributed by atoms with van der Waals surface area (Å²) in [6, 6.07) is 10.7. The molecule has 0 atom stereocenters. The zero-order valence-electron chi connectivity index (χ0n) is 10.8. The Balaban J connectivity index is 2.03. The molecule has 0 N–H and O–H groups in total. The minimum Gasteiger partial charge on any atom is -0.374 e. The first-order chi connectivity index (χ1) is 9.19. The molecule has 0 fully saturated rings. The zero-order chi connectivity index (χ0) is 13.7. The number of halogens is 2. The summed E-state index contributed by atoms with van der Waals surface area (Å²) in [7, 11) is 1.94. The average Bonchev–Trinajstić information content (AvgIpc) is 2.45. The molecule has 0 aliphatic rings. The van der Waals surface area contributed by atoms with Gasteiger partial charge < -0.3 is 4.90 Å². The standard InChI is InChI=1S/C15H16ClFN2/c1-19(7-5-14-4-2-3-6-18-14)15-9-12(11-16)8-13(17)10-15/h2-4,6,8-10H,5,7,11H2,1H3. The van der Waals surface area contributed by atoms with Crippen LogP contribution in [0.3, 0.4) is 0 Å². The number of hydrogen-bond acceptors (Lipinski definition) is 2. The molecule has 0 saturated carbocycles. The second kappa shape index (κ2) is 6.53. The van der Waals surface area contributed by atoms with E-state index in [1.54, 1.807) is 6.20 Å². The molecule has 0 radical (unpaired) electrons. The highest BCUT2D eigenvalue weighted by Gasteiger charge is 2.05. The number of anilines is 1. The molecule has 4 heteroatoms. The van der Waals surface area contributed by atoms with Gasteiger partial charge in [-0.3, -0.25) is 4.98 Å². The highest BCUT2D eigenvalue weighted by Crippen LogP contribution is 2.19. The summed E-state index contributed by atoms with van der Waals surface area (Å²) in [4.78, 5) is 6.28. The maximum atomic E-state index is 13.4. The first-order valence-corrected chi connectivity index (χ1v) is 6.69. The van der Waals surface area contributed by atoms with Crippen LogP contribution in [0.15, 0.2) is 42.6 Å². The highest BCUT2D eigenvalue weighted by molar-refractivity contribution is 6.17. The lowest BCUT2D eigenvalue weighted by atomic mass is 10.2. The van der Waals surface area contributed by atoms with Crippen molar-refractivity contribution in [1.82, 2.24) is 4.98 Å². The number of alkyl halides is 1. The van der Waals surface area contributed by atoms with Crippen LogP contribution in [0.4, 0.5) is 10.1 Å². The highest BCUT2D eigenvalue weighted by atomic mass is 35.5. The minimum atomic E-state index is -0.252. The summed E-state index contributed by atoms with van der Waals surface area (Å²) < 4.78 is 13.4. The van der Waals surface area contributed by atoms with Crippen LogP contribution in [-0.2, 0) is 12.3 Å². The van der Waals surface area contributed by atoms with Gasteiger partial charge in [-0.15, -0.1) is 11.6 Å². The number of aromatic nitrogens is 1. The second-order valence-electron chi connectivity index (χ2n) is 4.44. The molecule has 19 heavy (non-hydrogen) atoms. The van der Waals surface area contributed by atoms with Crippen molar-refractivity contribution in [3.63, 3.8) is 0 Å². The van der Waals surface area contributed by atoms with Gasteiger partial charge in [0, 0.05) is 43.5 Å². The Morgan fingerprint density at radius 3 is 2.79 bits per heavy atom. The van der Waals surface area contributed by atoms with E-state index >= 15 is 0 Å². The Bertz CT molecular complexity index is 531. The largest absolute Gasteiger partial charge is 0.374 e. The Morgan fingerprint density at radius 2 is 2.11 bits per heavy atom. The van der Waals surface area contributed by atoms with Gasteiger partial charge >= 0.3 is 0 Å². The minimum absolute atomic E-state index is 0.252. The van der Waals surface area contributed by atoms with Crippen molar-refractivity contribution < 1.29 is 4.39 Å². The van der Waals surface area contributed by atoms with Crippen LogP contribution in [-0.4, -0.2) is 18.6 Å². The molecule has 1 aromatic heterocycles. The Morgan fingerprint density at radius 1 is 1.26 bits per heavy atom. The molecule has 2 aromatic rings. The number of nitrogens with zero attached hydrogens (tertiary/aromatic N) is 2. The molecule has 0 amide bonds. The summed E-state index contributed by atoms with van der Waals surface area (Å²) in [5.41, 5.74) is 2.66. The lowest BCUT2D eigenvalue weighted by molar-refractivity contribution is 0.625. The van der Waals surface area contributed by atoms with Crippen molar-refractivity contribution in [2.75, 3.05) is 18.5 Å². The van der Waals surface area contributed by atoms with Crippen LogP contribution in [0, 0.1) is 5.82 Å². The van der Waals surface area contributed by atoms with E-state index in [0.29, 0.717) is 5.88 Å². The lowest BCUT2D eigenvalue weighted by Gasteiger charge is -2.19. The molecule has 0 saturated heterocycles. The second-order valence-corrected chi connectivity index (χ2v) is 4.71. The van der Waals surface area contributed by atoms with Gasteiger partial charge in [0.1, 0.15) is 5.82 Å². The topological polar surface area (TPSA) is 16.1 Å². The summed E-state index contributed by atoms with van der Waals surface area (Å²) >= 11 is 5.75. The van der Waals surface area contributed by atoms with E-state index in [4.69, 9.17) is 11.6 Å². The fourth-order valence-electron chi connectivity index (χ4n) is 1.89. The van der Waals surface area contributed by atoms with Crippen molar-refractivity contribution in [3.8, 4) is 0 Å². The van der Waals surface area contributed by atoms with Crippen molar-refractivity contribution in [3.05, 3.63) is 59.7 Å². The third kappa shape index (κ3) is 3.93. The summed E-state index contributed by atoms with van der Waals surface area (Å²) in [5.74, 6) is 0.0663. The molecule has 2 nitrogen and oxygen atoms in total. The van der Waals surface area contributed by atoms with Crippen molar-refractivity contribution in [1.29, 1.82) is 0 Å². The lowest BCUT2D eigenvalue weighted by Crippen LogP contribution is -2.20. The van der Waals surface area contributed by atoms with E-state index < -0.39 is 0 Å². The smallest absolute Gasteiger partial charge is 0.125 e. The summed E-state index contributed by atoms with van der Waals surface area (Å²) in [6.45, 7) is 0.780. The van der Waals surface area contributed by atoms with Crippen molar-refractivity contribution >= 4 is 17.3 Å². The molecule has 0 aliphatic carbocycles. The molecular formula is C15H16ClFN2. The van der Waals surface area contributed by atoms with E-state index in [-0.39, 0.29) is 5.82 Å². The first-order valence-electron chi connectivity index (χ1n) is 6.15. The fourth-order valence-corrected chi connectivity index (χ4v) is 2.04. The SMILES string of the molecule is CN(CCc1ccccn1)c1cc(F)cc(CCl)c1. The monoisotopic (exact) mass is 278 g/mol. The third-order valence-electron chi connectivity index (χ3n) is 2.97. The Hall–Kier alpha value is -1.61. The van der Waals surface area contributed by atoms with E-state index in [0.717, 1.165) is 29.9 Å². The third-order valence-corrected chi connectivity index (χ3v) is 3.28. The van der Waals surface area contributed by atoms with Gasteiger partial charge in [-0.1, -0.05) is 6.07 Å². The van der Waals surface area contributed by atoms with Crippen LogP contribution in [0.25, 0.3) is 0 Å². The van der Waals surface area contributed by atoms with Gasteiger partial charge in [-0.2, -0.15) is 0 Å². The molecule has 0 spiro atoms. The van der Waals surface area contributed by atoms with E-state index in [9.17, 15) is 4.39 Å². The van der Waals surface area contributed by atoms with Crippen LogP contribution >= 0.6 is 11.6 Å². The molecular weight excluding hydrogens is 263 g/mol. The van der Waals surface area contributed by atoms with Crippen LogP contribution < -0.4 is 4.90 Å². The van der Waals surface area contributed by atoms with Crippen LogP contribution in [0.2, 0.25) is 0 Å². The molecule has 100 valence electrons.